The molecule has 0 aromatic heterocycles. The van der Waals surface area contributed by atoms with Crippen LogP contribution >= 0.6 is 0 Å². The standard InChI is InChI=1S/C36H26F6N2/c37-35(38,39)25-9-15-29-23(19-25)3-1-17-43(29)31-13-7-21-6-12-28-32(14-8-22-5-11-27(31)33(21)34(22)28)44-18-2-4-24-20-26(36(40,41)42)10-16-30(24)44/h5-16,19-20H,1-4,17-18H2. The molecule has 8 heteroatoms. The van der Waals surface area contributed by atoms with Gasteiger partial charge in [-0.25, -0.2) is 0 Å². The van der Waals surface area contributed by atoms with Crippen molar-refractivity contribution in [3.05, 3.63) is 107 Å². The average Bonchev–Trinajstić information content (AvgIpc) is 3.01. The molecule has 0 radical (unpaired) electrons. The normalized spacial score (nSPS) is 15.8. The average molecular weight is 601 g/mol. The van der Waals surface area contributed by atoms with Gasteiger partial charge in [-0.05, 0) is 107 Å². The summed E-state index contributed by atoms with van der Waals surface area (Å²) < 4.78 is 80.8. The lowest BCUT2D eigenvalue weighted by atomic mass is 9.90. The topological polar surface area (TPSA) is 6.48 Å². The summed E-state index contributed by atoms with van der Waals surface area (Å²) in [7, 11) is 0. The molecule has 0 atom stereocenters. The van der Waals surface area contributed by atoms with Gasteiger partial charge in [0.25, 0.3) is 0 Å². The minimum absolute atomic E-state index is 0.590. The van der Waals surface area contributed by atoms with E-state index >= 15 is 0 Å². The highest BCUT2D eigenvalue weighted by Gasteiger charge is 2.34. The lowest BCUT2D eigenvalue weighted by Gasteiger charge is -2.34. The Hall–Kier alpha value is -4.46. The van der Waals surface area contributed by atoms with Crippen LogP contribution in [-0.4, -0.2) is 13.1 Å². The lowest BCUT2D eigenvalue weighted by Crippen LogP contribution is -2.25. The second-order valence-corrected chi connectivity index (χ2v) is 11.8. The molecule has 0 fully saturated rings. The van der Waals surface area contributed by atoms with Crippen molar-refractivity contribution >= 4 is 55.1 Å². The third-order valence-corrected chi connectivity index (χ3v) is 9.25. The van der Waals surface area contributed by atoms with E-state index < -0.39 is 23.5 Å². The molecular formula is C36H26F6N2. The maximum Gasteiger partial charge on any atom is 0.416 e. The molecule has 0 N–H and O–H groups in total. The number of fused-ring (bicyclic) bond motifs is 2. The highest BCUT2D eigenvalue weighted by Crippen LogP contribution is 2.47. The van der Waals surface area contributed by atoms with Crippen molar-refractivity contribution < 1.29 is 26.3 Å². The van der Waals surface area contributed by atoms with Gasteiger partial charge < -0.3 is 9.80 Å². The third kappa shape index (κ3) is 4.18. The molecule has 0 aliphatic carbocycles. The van der Waals surface area contributed by atoms with E-state index in [2.05, 4.69) is 58.3 Å². The molecule has 6 aromatic rings. The number of anilines is 4. The van der Waals surface area contributed by atoms with Crippen LogP contribution in [0, 0.1) is 0 Å². The van der Waals surface area contributed by atoms with Crippen molar-refractivity contribution in [2.75, 3.05) is 22.9 Å². The Morgan fingerprint density at radius 1 is 0.455 bits per heavy atom. The maximum absolute atomic E-state index is 13.5. The van der Waals surface area contributed by atoms with Gasteiger partial charge in [0.15, 0.2) is 0 Å². The first-order chi connectivity index (χ1) is 21.1. The molecular weight excluding hydrogens is 574 g/mol. The molecule has 0 saturated heterocycles. The molecule has 0 amide bonds. The van der Waals surface area contributed by atoms with Crippen LogP contribution in [0.25, 0.3) is 32.3 Å². The van der Waals surface area contributed by atoms with Gasteiger partial charge in [-0.15, -0.1) is 0 Å². The molecule has 0 saturated carbocycles. The Labute approximate surface area is 249 Å². The first-order valence-corrected chi connectivity index (χ1v) is 14.7. The summed E-state index contributed by atoms with van der Waals surface area (Å²) >= 11 is 0. The Bertz CT molecular complexity index is 1930. The Morgan fingerprint density at radius 2 is 0.841 bits per heavy atom. The minimum atomic E-state index is -4.39. The van der Waals surface area contributed by atoms with Crippen LogP contribution in [-0.2, 0) is 25.2 Å². The second-order valence-electron chi connectivity index (χ2n) is 11.8. The fourth-order valence-corrected chi connectivity index (χ4v) is 7.29. The van der Waals surface area contributed by atoms with Crippen molar-refractivity contribution in [1.82, 2.24) is 0 Å². The van der Waals surface area contributed by atoms with Crippen LogP contribution < -0.4 is 9.80 Å². The summed E-state index contributed by atoms with van der Waals surface area (Å²) in [6.07, 6.45) is -6.12. The van der Waals surface area contributed by atoms with Gasteiger partial charge in [0.2, 0.25) is 0 Å². The molecule has 2 aliphatic heterocycles. The predicted octanol–water partition coefficient (Wildman–Crippen LogP) is 10.8. The molecule has 0 spiro atoms. The highest BCUT2D eigenvalue weighted by atomic mass is 19.4. The van der Waals surface area contributed by atoms with E-state index in [1.807, 2.05) is 0 Å². The van der Waals surface area contributed by atoms with Crippen LogP contribution in [0.5, 0.6) is 0 Å². The number of hydrogen-bond acceptors (Lipinski definition) is 2. The summed E-state index contributed by atoms with van der Waals surface area (Å²) in [5, 5.41) is 6.28. The Kier molecular flexibility index (Phi) is 5.87. The lowest BCUT2D eigenvalue weighted by molar-refractivity contribution is -0.138. The van der Waals surface area contributed by atoms with E-state index in [9.17, 15) is 26.3 Å². The van der Waals surface area contributed by atoms with E-state index in [1.165, 1.54) is 12.1 Å². The van der Waals surface area contributed by atoms with Crippen molar-refractivity contribution in [2.24, 2.45) is 0 Å². The Morgan fingerprint density at radius 3 is 1.25 bits per heavy atom. The monoisotopic (exact) mass is 600 g/mol. The van der Waals surface area contributed by atoms with E-state index in [0.717, 1.165) is 80.0 Å². The minimum Gasteiger partial charge on any atom is -0.341 e. The van der Waals surface area contributed by atoms with Gasteiger partial charge in [-0.2, -0.15) is 26.3 Å². The smallest absolute Gasteiger partial charge is 0.341 e. The molecule has 222 valence electrons. The zero-order valence-corrected chi connectivity index (χ0v) is 23.5. The summed E-state index contributed by atoms with van der Waals surface area (Å²) in [6, 6.07) is 24.6. The quantitative estimate of drug-likeness (QED) is 0.144. The molecule has 2 aliphatic rings. The number of alkyl halides is 6. The molecule has 0 unspecified atom stereocenters. The zero-order valence-electron chi connectivity index (χ0n) is 23.5. The predicted molar refractivity (Wildman–Crippen MR) is 164 cm³/mol. The summed E-state index contributed by atoms with van der Waals surface area (Å²) in [5.41, 5.74) is 3.60. The van der Waals surface area contributed by atoms with Gasteiger partial charge in [-0.3, -0.25) is 0 Å². The summed E-state index contributed by atoms with van der Waals surface area (Å²) in [4.78, 5) is 4.26. The van der Waals surface area contributed by atoms with Crippen LogP contribution in [0.4, 0.5) is 49.1 Å². The molecule has 8 rings (SSSR count). The SMILES string of the molecule is FC(F)(F)c1ccc2c(c1)CCCN2c1ccc2ccc3c(N4CCCc5cc(C(F)(F)F)ccc54)ccc4ccc1c2c43. The Balaban J connectivity index is 1.29. The van der Waals surface area contributed by atoms with Crippen molar-refractivity contribution in [2.45, 2.75) is 38.0 Å². The van der Waals surface area contributed by atoms with Gasteiger partial charge in [0.1, 0.15) is 0 Å². The van der Waals surface area contributed by atoms with Crippen molar-refractivity contribution in [3.63, 3.8) is 0 Å². The van der Waals surface area contributed by atoms with E-state index in [4.69, 9.17) is 0 Å². The molecule has 2 heterocycles. The van der Waals surface area contributed by atoms with Crippen LogP contribution in [0.1, 0.15) is 35.1 Å². The summed E-state index contributed by atoms with van der Waals surface area (Å²) in [5.74, 6) is 0. The number of hydrogen-bond donors (Lipinski definition) is 0. The first-order valence-electron chi connectivity index (χ1n) is 14.7. The summed E-state index contributed by atoms with van der Waals surface area (Å²) in [6.45, 7) is 1.39. The van der Waals surface area contributed by atoms with Crippen molar-refractivity contribution in [3.8, 4) is 0 Å². The molecule has 44 heavy (non-hydrogen) atoms. The maximum atomic E-state index is 13.5. The largest absolute Gasteiger partial charge is 0.416 e. The van der Waals surface area contributed by atoms with E-state index in [-0.39, 0.29) is 0 Å². The fourth-order valence-electron chi connectivity index (χ4n) is 7.29. The molecule has 2 nitrogen and oxygen atoms in total. The number of rotatable bonds is 2. The van der Waals surface area contributed by atoms with Crippen LogP contribution in [0.2, 0.25) is 0 Å². The van der Waals surface area contributed by atoms with E-state index in [0.29, 0.717) is 37.1 Å². The van der Waals surface area contributed by atoms with Crippen molar-refractivity contribution in [1.29, 1.82) is 0 Å². The number of aryl methyl sites for hydroxylation is 2. The third-order valence-electron chi connectivity index (χ3n) is 9.25. The fraction of sp³-hybridized carbons (Fsp3) is 0.222. The first kappa shape index (κ1) is 27.1. The molecule has 6 aromatic carbocycles. The van der Waals surface area contributed by atoms with E-state index in [1.54, 1.807) is 12.1 Å². The number of nitrogens with zero attached hydrogens (tertiary/aromatic N) is 2. The molecule has 0 bridgehead atoms. The van der Waals surface area contributed by atoms with Gasteiger partial charge in [0, 0.05) is 46.6 Å². The second kappa shape index (κ2) is 9.52. The number of benzene rings is 6. The zero-order chi connectivity index (χ0) is 30.4. The van der Waals surface area contributed by atoms with Crippen LogP contribution in [0.3, 0.4) is 0 Å². The van der Waals surface area contributed by atoms with Gasteiger partial charge in [-0.1, -0.05) is 36.4 Å². The van der Waals surface area contributed by atoms with Gasteiger partial charge >= 0.3 is 12.4 Å². The highest BCUT2D eigenvalue weighted by molar-refractivity contribution is 6.27. The van der Waals surface area contributed by atoms with Gasteiger partial charge in [0.05, 0.1) is 11.1 Å². The van der Waals surface area contributed by atoms with Crippen LogP contribution in [0.15, 0.2) is 84.9 Å². The number of halogens is 6.